The lowest BCUT2D eigenvalue weighted by Gasteiger charge is -2.30. The van der Waals surface area contributed by atoms with Crippen molar-refractivity contribution in [3.05, 3.63) is 40.8 Å². The fraction of sp³-hybridized carbons (Fsp3) is 0.579. The molecule has 1 fully saturated rings. The lowest BCUT2D eigenvalue weighted by Crippen LogP contribution is -2.25. The van der Waals surface area contributed by atoms with Crippen LogP contribution < -0.4 is 0 Å². The minimum Gasteiger partial charge on any atom is -0.381 e. The van der Waals surface area contributed by atoms with Gasteiger partial charge in [0.05, 0.1) is 24.0 Å². The van der Waals surface area contributed by atoms with E-state index in [1.54, 1.807) is 0 Å². The zero-order chi connectivity index (χ0) is 15.5. The molecule has 0 unspecified atom stereocenters. The SMILES string of the molecule is CCCC[C@@H]1C[C@@H]2COC[C@@H]2C=C1[S@@](=O)c1ccc(C)cc1. The second kappa shape index (κ2) is 7.10. The Kier molecular flexibility index (Phi) is 5.14. The Balaban J connectivity index is 1.86. The van der Waals surface area contributed by atoms with E-state index in [0.29, 0.717) is 17.8 Å². The third kappa shape index (κ3) is 3.36. The van der Waals surface area contributed by atoms with E-state index in [1.807, 2.05) is 12.1 Å². The van der Waals surface area contributed by atoms with E-state index in [1.165, 1.54) is 18.4 Å². The van der Waals surface area contributed by atoms with Crippen LogP contribution in [0.15, 0.2) is 40.1 Å². The molecule has 1 aliphatic heterocycles. The van der Waals surface area contributed by atoms with Crippen LogP contribution in [-0.2, 0) is 15.5 Å². The van der Waals surface area contributed by atoms with Crippen molar-refractivity contribution < 1.29 is 8.95 Å². The number of aryl methyl sites for hydroxylation is 1. The molecule has 3 heteroatoms. The highest BCUT2D eigenvalue weighted by Crippen LogP contribution is 2.41. The van der Waals surface area contributed by atoms with Crippen LogP contribution in [0.4, 0.5) is 0 Å². The maximum atomic E-state index is 13.1. The van der Waals surface area contributed by atoms with Gasteiger partial charge in [-0.3, -0.25) is 0 Å². The van der Waals surface area contributed by atoms with Crippen LogP contribution >= 0.6 is 0 Å². The van der Waals surface area contributed by atoms with Gasteiger partial charge in [-0.1, -0.05) is 43.5 Å². The van der Waals surface area contributed by atoms with E-state index < -0.39 is 10.8 Å². The second-order valence-corrected chi connectivity index (χ2v) is 8.17. The molecule has 120 valence electrons. The molecule has 0 N–H and O–H groups in total. The van der Waals surface area contributed by atoms with Gasteiger partial charge in [-0.05, 0) is 43.7 Å². The van der Waals surface area contributed by atoms with Gasteiger partial charge in [0, 0.05) is 15.7 Å². The van der Waals surface area contributed by atoms with Gasteiger partial charge in [-0.15, -0.1) is 0 Å². The molecule has 4 atom stereocenters. The van der Waals surface area contributed by atoms with Gasteiger partial charge in [0.1, 0.15) is 0 Å². The van der Waals surface area contributed by atoms with Gasteiger partial charge in [0.15, 0.2) is 0 Å². The quantitative estimate of drug-likeness (QED) is 0.801. The summed E-state index contributed by atoms with van der Waals surface area (Å²) in [6, 6.07) is 8.14. The Hall–Kier alpha value is -0.930. The van der Waals surface area contributed by atoms with Gasteiger partial charge >= 0.3 is 0 Å². The predicted molar refractivity (Wildman–Crippen MR) is 91.1 cm³/mol. The van der Waals surface area contributed by atoms with Crippen molar-refractivity contribution in [2.24, 2.45) is 17.8 Å². The molecule has 0 amide bonds. The zero-order valence-corrected chi connectivity index (χ0v) is 14.4. The van der Waals surface area contributed by atoms with Crippen molar-refractivity contribution in [1.82, 2.24) is 0 Å². The van der Waals surface area contributed by atoms with Crippen molar-refractivity contribution >= 4 is 10.8 Å². The summed E-state index contributed by atoms with van der Waals surface area (Å²) in [6.45, 7) is 5.98. The zero-order valence-electron chi connectivity index (χ0n) is 13.6. The molecular formula is C19H26O2S. The highest BCUT2D eigenvalue weighted by atomic mass is 32.2. The monoisotopic (exact) mass is 318 g/mol. The summed E-state index contributed by atoms with van der Waals surface area (Å²) in [5.74, 6) is 1.58. The minimum atomic E-state index is -1.02. The van der Waals surface area contributed by atoms with Gasteiger partial charge in [-0.25, -0.2) is 4.21 Å². The van der Waals surface area contributed by atoms with E-state index in [4.69, 9.17) is 4.74 Å². The number of fused-ring (bicyclic) bond motifs is 1. The predicted octanol–water partition coefficient (Wildman–Crippen LogP) is 4.46. The smallest absolute Gasteiger partial charge is 0.0808 e. The molecule has 1 aliphatic carbocycles. The number of allylic oxidation sites excluding steroid dienone is 1. The van der Waals surface area contributed by atoms with Crippen molar-refractivity contribution in [3.63, 3.8) is 0 Å². The molecule has 3 rings (SSSR count). The largest absolute Gasteiger partial charge is 0.381 e. The summed E-state index contributed by atoms with van der Waals surface area (Å²) < 4.78 is 18.7. The number of benzene rings is 1. The number of unbranched alkanes of at least 4 members (excludes halogenated alkanes) is 1. The van der Waals surface area contributed by atoms with Crippen molar-refractivity contribution in [3.8, 4) is 0 Å². The first-order valence-corrected chi connectivity index (χ1v) is 9.62. The number of hydrogen-bond acceptors (Lipinski definition) is 2. The average Bonchev–Trinajstić information content (AvgIpc) is 2.99. The van der Waals surface area contributed by atoms with Crippen LogP contribution in [0.3, 0.4) is 0 Å². The van der Waals surface area contributed by atoms with Gasteiger partial charge in [-0.2, -0.15) is 0 Å². The molecule has 1 saturated heterocycles. The highest BCUT2D eigenvalue weighted by molar-refractivity contribution is 7.89. The van der Waals surface area contributed by atoms with Crippen LogP contribution in [0, 0.1) is 24.7 Å². The standard InChI is InChI=1S/C19H26O2S/c1-3-4-5-15-10-16-12-21-13-17(16)11-19(15)22(20)18-8-6-14(2)7-9-18/h6-9,11,15-17H,3-5,10,12-13H2,1-2H3/t15-,16-,17+,22+/m1/s1. The molecular weight excluding hydrogens is 292 g/mol. The topological polar surface area (TPSA) is 26.3 Å². The normalized spacial score (nSPS) is 29.0. The third-order valence-corrected chi connectivity index (χ3v) is 6.57. The van der Waals surface area contributed by atoms with Crippen LogP contribution in [0.25, 0.3) is 0 Å². The molecule has 2 aliphatic rings. The molecule has 1 aromatic rings. The fourth-order valence-electron chi connectivity index (χ4n) is 3.59. The average molecular weight is 318 g/mol. The molecule has 0 radical (unpaired) electrons. The third-order valence-electron chi connectivity index (χ3n) is 4.97. The number of ether oxygens (including phenoxy) is 1. The van der Waals surface area contributed by atoms with E-state index in [-0.39, 0.29) is 0 Å². The summed E-state index contributed by atoms with van der Waals surface area (Å²) in [5.41, 5.74) is 1.21. The number of rotatable bonds is 5. The maximum absolute atomic E-state index is 13.1. The molecule has 1 aromatic carbocycles. The second-order valence-electron chi connectivity index (χ2n) is 6.69. The summed E-state index contributed by atoms with van der Waals surface area (Å²) in [7, 11) is -1.02. The van der Waals surface area contributed by atoms with E-state index in [9.17, 15) is 4.21 Å². The van der Waals surface area contributed by atoms with Crippen LogP contribution in [-0.4, -0.2) is 17.4 Å². The fourth-order valence-corrected chi connectivity index (χ4v) is 5.06. The molecule has 0 saturated carbocycles. The lowest BCUT2D eigenvalue weighted by molar-refractivity contribution is 0.180. The van der Waals surface area contributed by atoms with Crippen molar-refractivity contribution in [2.75, 3.05) is 13.2 Å². The molecule has 1 heterocycles. The summed E-state index contributed by atoms with van der Waals surface area (Å²) in [5, 5.41) is 0. The molecule has 2 nitrogen and oxygen atoms in total. The van der Waals surface area contributed by atoms with E-state index >= 15 is 0 Å². The lowest BCUT2D eigenvalue weighted by atomic mass is 9.79. The first-order chi connectivity index (χ1) is 10.7. The van der Waals surface area contributed by atoms with E-state index in [0.717, 1.165) is 35.9 Å². The van der Waals surface area contributed by atoms with Crippen LogP contribution in [0.1, 0.15) is 38.2 Å². The Morgan fingerprint density at radius 3 is 2.73 bits per heavy atom. The first kappa shape index (κ1) is 15.9. The summed E-state index contributed by atoms with van der Waals surface area (Å²) >= 11 is 0. The summed E-state index contributed by atoms with van der Waals surface area (Å²) in [6.07, 6.45) is 7.01. The van der Waals surface area contributed by atoms with Crippen LogP contribution in [0.5, 0.6) is 0 Å². The Morgan fingerprint density at radius 2 is 2.00 bits per heavy atom. The highest BCUT2D eigenvalue weighted by Gasteiger charge is 2.36. The van der Waals surface area contributed by atoms with E-state index in [2.05, 4.69) is 32.1 Å². The molecule has 0 aromatic heterocycles. The van der Waals surface area contributed by atoms with Crippen LogP contribution in [0.2, 0.25) is 0 Å². The molecule has 22 heavy (non-hydrogen) atoms. The molecule has 0 bridgehead atoms. The van der Waals surface area contributed by atoms with Crippen molar-refractivity contribution in [1.29, 1.82) is 0 Å². The van der Waals surface area contributed by atoms with Gasteiger partial charge in [0.25, 0.3) is 0 Å². The van der Waals surface area contributed by atoms with Gasteiger partial charge < -0.3 is 4.74 Å². The summed E-state index contributed by atoms with van der Waals surface area (Å²) in [4.78, 5) is 2.10. The van der Waals surface area contributed by atoms with Gasteiger partial charge in [0.2, 0.25) is 0 Å². The minimum absolute atomic E-state index is 0.463. The Morgan fingerprint density at radius 1 is 1.23 bits per heavy atom. The Labute approximate surface area is 136 Å². The maximum Gasteiger partial charge on any atom is 0.0808 e. The number of hydrogen-bond donors (Lipinski definition) is 0. The Bertz CT molecular complexity index is 561. The molecule has 0 spiro atoms. The first-order valence-electron chi connectivity index (χ1n) is 8.47. The van der Waals surface area contributed by atoms with Crippen molar-refractivity contribution in [2.45, 2.75) is 44.4 Å².